The summed E-state index contributed by atoms with van der Waals surface area (Å²) in [7, 11) is 1.79. The Morgan fingerprint density at radius 2 is 1.80 bits per heavy atom. The molecule has 2 heterocycles. The van der Waals surface area contributed by atoms with Crippen LogP contribution in [0.25, 0.3) is 0 Å². The zero-order valence-corrected chi connectivity index (χ0v) is 20.8. The summed E-state index contributed by atoms with van der Waals surface area (Å²) >= 11 is 0. The fraction of sp³-hybridized carbons (Fsp3) is 0.462. The second-order valence-electron chi connectivity index (χ2n) is 10.1. The molecule has 4 rings (SSSR count). The van der Waals surface area contributed by atoms with Crippen LogP contribution in [0.2, 0.25) is 0 Å². The number of nitrogens with zero attached hydrogens (tertiary/aromatic N) is 5. The minimum Gasteiger partial charge on any atom is -0.444 e. The van der Waals surface area contributed by atoms with E-state index in [4.69, 9.17) is 4.74 Å². The first-order chi connectivity index (χ1) is 16.7. The highest BCUT2D eigenvalue weighted by molar-refractivity contribution is 5.95. The molecule has 0 bridgehead atoms. The zero-order valence-electron chi connectivity index (χ0n) is 20.8. The van der Waals surface area contributed by atoms with Crippen molar-refractivity contribution < 1.29 is 14.3 Å². The van der Waals surface area contributed by atoms with E-state index in [0.29, 0.717) is 13.1 Å². The minimum absolute atomic E-state index is 0.0933. The molecule has 9 nitrogen and oxygen atoms in total. The van der Waals surface area contributed by atoms with Crippen LogP contribution in [0.4, 0.5) is 16.2 Å². The predicted molar refractivity (Wildman–Crippen MR) is 135 cm³/mol. The molecule has 1 fully saturated rings. The maximum atomic E-state index is 12.7. The number of carbonyl (C=O) groups excluding carboxylic acids is 2. The van der Waals surface area contributed by atoms with Gasteiger partial charge in [-0.05, 0) is 57.0 Å². The van der Waals surface area contributed by atoms with Crippen molar-refractivity contribution in [2.75, 3.05) is 36.9 Å². The monoisotopic (exact) mass is 478 g/mol. The fourth-order valence-electron chi connectivity index (χ4n) is 4.19. The molecule has 0 aliphatic carbocycles. The van der Waals surface area contributed by atoms with Gasteiger partial charge in [0.1, 0.15) is 5.60 Å². The normalized spacial score (nSPS) is 19.7. The third kappa shape index (κ3) is 6.49. The van der Waals surface area contributed by atoms with E-state index in [9.17, 15) is 9.59 Å². The Kier molecular flexibility index (Phi) is 7.23. The third-order valence-electron chi connectivity index (χ3n) is 6.10. The van der Waals surface area contributed by atoms with E-state index in [-0.39, 0.29) is 18.0 Å². The van der Waals surface area contributed by atoms with Gasteiger partial charge < -0.3 is 19.9 Å². The number of amides is 2. The standard InChI is InChI=1S/C26H34N6O3/c1-26(2,3)35-25(34)30(4)22-14-15-31(17-22)21-12-10-20(11-13-21)27-24(33)23-18-32(29-28-23)16-19-8-6-5-7-9-19/h5-13,22-23H,14-18H2,1-4H3,(H,27,33). The molecular weight excluding hydrogens is 444 g/mol. The molecule has 2 aliphatic heterocycles. The van der Waals surface area contributed by atoms with E-state index >= 15 is 0 Å². The molecular formula is C26H34N6O3. The number of hydrogen-bond donors (Lipinski definition) is 1. The highest BCUT2D eigenvalue weighted by atomic mass is 16.6. The Labute approximate surface area is 206 Å². The van der Waals surface area contributed by atoms with Crippen molar-refractivity contribution in [2.45, 2.75) is 51.4 Å². The van der Waals surface area contributed by atoms with Crippen LogP contribution in [-0.2, 0) is 16.1 Å². The van der Waals surface area contributed by atoms with Crippen molar-refractivity contribution in [3.63, 3.8) is 0 Å². The van der Waals surface area contributed by atoms with Crippen molar-refractivity contribution in [1.29, 1.82) is 0 Å². The summed E-state index contributed by atoms with van der Waals surface area (Å²) in [4.78, 5) is 29.0. The Morgan fingerprint density at radius 3 is 2.49 bits per heavy atom. The number of benzene rings is 2. The Balaban J connectivity index is 1.26. The van der Waals surface area contributed by atoms with E-state index in [0.717, 1.165) is 36.4 Å². The lowest BCUT2D eigenvalue weighted by atomic mass is 10.2. The smallest absolute Gasteiger partial charge is 0.410 e. The third-order valence-corrected chi connectivity index (χ3v) is 6.10. The minimum atomic E-state index is -0.527. The lowest BCUT2D eigenvalue weighted by Crippen LogP contribution is -2.42. The van der Waals surface area contributed by atoms with Gasteiger partial charge >= 0.3 is 6.09 Å². The lowest BCUT2D eigenvalue weighted by Gasteiger charge is -2.28. The first-order valence-corrected chi connectivity index (χ1v) is 12.0. The van der Waals surface area contributed by atoms with Crippen LogP contribution in [0, 0.1) is 0 Å². The van der Waals surface area contributed by atoms with Crippen molar-refractivity contribution in [3.05, 3.63) is 60.2 Å². The van der Waals surface area contributed by atoms with Crippen LogP contribution < -0.4 is 10.2 Å². The molecule has 2 aromatic carbocycles. The molecule has 1 N–H and O–H groups in total. The molecule has 0 radical (unpaired) electrons. The maximum absolute atomic E-state index is 12.7. The van der Waals surface area contributed by atoms with Gasteiger partial charge in [-0.2, -0.15) is 5.11 Å². The Hall–Kier alpha value is -3.62. The quantitative estimate of drug-likeness (QED) is 0.668. The second-order valence-corrected chi connectivity index (χ2v) is 10.1. The van der Waals surface area contributed by atoms with Crippen LogP contribution in [0.3, 0.4) is 0 Å². The van der Waals surface area contributed by atoms with Gasteiger partial charge in [-0.3, -0.25) is 9.80 Å². The Morgan fingerprint density at radius 1 is 1.09 bits per heavy atom. The summed E-state index contributed by atoms with van der Waals surface area (Å²) in [6, 6.07) is 17.3. The summed E-state index contributed by atoms with van der Waals surface area (Å²) in [5.41, 5.74) is 2.39. The van der Waals surface area contributed by atoms with Crippen LogP contribution >= 0.6 is 0 Å². The first kappa shape index (κ1) is 24.5. The van der Waals surface area contributed by atoms with Gasteiger partial charge in [0.15, 0.2) is 6.04 Å². The van der Waals surface area contributed by atoms with Gasteiger partial charge in [-0.25, -0.2) is 4.79 Å². The highest BCUT2D eigenvalue weighted by Gasteiger charge is 2.31. The summed E-state index contributed by atoms with van der Waals surface area (Å²) in [5, 5.41) is 13.0. The van der Waals surface area contributed by atoms with Gasteiger partial charge in [0.25, 0.3) is 5.91 Å². The van der Waals surface area contributed by atoms with Gasteiger partial charge in [-0.1, -0.05) is 35.6 Å². The number of rotatable bonds is 6. The summed E-state index contributed by atoms with van der Waals surface area (Å²) in [5.74, 6) is -0.169. The maximum Gasteiger partial charge on any atom is 0.410 e. The van der Waals surface area contributed by atoms with Crippen molar-refractivity contribution >= 4 is 23.4 Å². The van der Waals surface area contributed by atoms with E-state index in [1.165, 1.54) is 0 Å². The predicted octanol–water partition coefficient (Wildman–Crippen LogP) is 4.32. The number of likely N-dealkylation sites (N-methyl/N-ethyl adjacent to an activating group) is 1. The van der Waals surface area contributed by atoms with Crippen LogP contribution in [0.15, 0.2) is 64.9 Å². The molecule has 9 heteroatoms. The second kappa shape index (κ2) is 10.3. The molecule has 2 atom stereocenters. The van der Waals surface area contributed by atoms with Gasteiger partial charge in [0, 0.05) is 31.5 Å². The molecule has 186 valence electrons. The van der Waals surface area contributed by atoms with E-state index < -0.39 is 11.6 Å². The van der Waals surface area contributed by atoms with E-state index in [2.05, 4.69) is 20.6 Å². The number of carbonyl (C=O) groups is 2. The van der Waals surface area contributed by atoms with Crippen LogP contribution in [0.5, 0.6) is 0 Å². The summed E-state index contributed by atoms with van der Waals surface area (Å²) in [6.07, 6.45) is 0.578. The largest absolute Gasteiger partial charge is 0.444 e. The zero-order chi connectivity index (χ0) is 25.0. The number of anilines is 2. The molecule has 0 spiro atoms. The molecule has 35 heavy (non-hydrogen) atoms. The van der Waals surface area contributed by atoms with Crippen molar-refractivity contribution in [1.82, 2.24) is 9.91 Å². The molecule has 2 aliphatic rings. The molecule has 1 saturated heterocycles. The topological polar surface area (TPSA) is 89.8 Å². The van der Waals surface area contributed by atoms with Gasteiger partial charge in [0.05, 0.1) is 19.1 Å². The van der Waals surface area contributed by atoms with E-state index in [1.807, 2.05) is 75.4 Å². The number of hydrogen-bond acceptors (Lipinski definition) is 7. The summed E-state index contributed by atoms with van der Waals surface area (Å²) < 4.78 is 5.49. The molecule has 2 unspecified atom stereocenters. The first-order valence-electron chi connectivity index (χ1n) is 12.0. The Bertz CT molecular complexity index is 1050. The fourth-order valence-corrected chi connectivity index (χ4v) is 4.19. The average molecular weight is 479 g/mol. The molecule has 0 saturated carbocycles. The molecule has 2 aromatic rings. The molecule has 0 aromatic heterocycles. The highest BCUT2D eigenvalue weighted by Crippen LogP contribution is 2.25. The van der Waals surface area contributed by atoms with Crippen molar-refractivity contribution in [2.24, 2.45) is 10.3 Å². The number of ether oxygens (including phenoxy) is 1. The van der Waals surface area contributed by atoms with Crippen LogP contribution in [-0.4, -0.2) is 66.3 Å². The van der Waals surface area contributed by atoms with Crippen LogP contribution in [0.1, 0.15) is 32.8 Å². The van der Waals surface area contributed by atoms with Gasteiger partial charge in [0.2, 0.25) is 0 Å². The average Bonchev–Trinajstić information content (AvgIpc) is 3.49. The molecule has 2 amide bonds. The van der Waals surface area contributed by atoms with Gasteiger partial charge in [-0.15, -0.1) is 0 Å². The van der Waals surface area contributed by atoms with Crippen molar-refractivity contribution in [3.8, 4) is 0 Å². The SMILES string of the molecule is CN(C(=O)OC(C)(C)C)C1CCN(c2ccc(NC(=O)C3CN(Cc4ccccc4)N=N3)cc2)C1. The number of nitrogens with one attached hydrogen (secondary N) is 1. The summed E-state index contributed by atoms with van der Waals surface area (Å²) in [6.45, 7) is 8.29. The lowest BCUT2D eigenvalue weighted by molar-refractivity contribution is -0.117. The van der Waals surface area contributed by atoms with E-state index in [1.54, 1.807) is 17.0 Å².